The van der Waals surface area contributed by atoms with Crippen LogP contribution in [0.15, 0.2) is 54.7 Å². The van der Waals surface area contributed by atoms with Crippen molar-refractivity contribution < 1.29 is 9.13 Å². The van der Waals surface area contributed by atoms with Crippen LogP contribution in [0.2, 0.25) is 5.02 Å². The fourth-order valence-electron chi connectivity index (χ4n) is 3.05. The van der Waals surface area contributed by atoms with E-state index in [0.29, 0.717) is 33.2 Å². The fraction of sp³-hybridized carbons (Fsp3) is 0.0476. The predicted octanol–water partition coefficient (Wildman–Crippen LogP) is 5.57. The summed E-state index contributed by atoms with van der Waals surface area (Å²) in [5.41, 5.74) is 3.66. The van der Waals surface area contributed by atoms with Crippen molar-refractivity contribution in [1.82, 2.24) is 9.97 Å². The maximum Gasteiger partial charge on any atom is 0.137 e. The molecule has 2 aromatic heterocycles. The molecule has 0 aliphatic carbocycles. The molecule has 27 heavy (non-hydrogen) atoms. The smallest absolute Gasteiger partial charge is 0.137 e. The quantitative estimate of drug-likeness (QED) is 0.507. The molecule has 0 atom stereocenters. The largest absolute Gasteiger partial charge is 0.496 e. The Kier molecular flexibility index (Phi) is 4.27. The summed E-state index contributed by atoms with van der Waals surface area (Å²) in [6, 6.07) is 15.6. The van der Waals surface area contributed by atoms with E-state index in [0.717, 1.165) is 16.5 Å². The molecule has 4 aromatic rings. The Hall–Kier alpha value is -3.36. The number of hydrogen-bond acceptors (Lipinski definition) is 3. The number of aromatic nitrogens is 2. The van der Waals surface area contributed by atoms with Crippen molar-refractivity contribution in [2.45, 2.75) is 0 Å². The van der Waals surface area contributed by atoms with E-state index in [2.05, 4.69) is 16.0 Å². The van der Waals surface area contributed by atoms with Gasteiger partial charge in [0.2, 0.25) is 0 Å². The third-order valence-corrected chi connectivity index (χ3v) is 4.66. The Morgan fingerprint density at radius 1 is 1.19 bits per heavy atom. The molecule has 0 radical (unpaired) electrons. The Bertz CT molecular complexity index is 1190. The lowest BCUT2D eigenvalue weighted by molar-refractivity contribution is 0.416. The molecular weight excluding hydrogens is 365 g/mol. The van der Waals surface area contributed by atoms with Gasteiger partial charge in [0.1, 0.15) is 17.2 Å². The maximum atomic E-state index is 14.2. The van der Waals surface area contributed by atoms with E-state index in [1.807, 2.05) is 18.2 Å². The number of benzene rings is 2. The first kappa shape index (κ1) is 17.1. The SMILES string of the molecule is COc1cc(C#N)ccc1-c1cnc2[nH]c(-c3c(F)cccc3Cl)cc2c1. The average Bonchev–Trinajstić information content (AvgIpc) is 3.09. The number of rotatable bonds is 3. The number of hydrogen-bond donors (Lipinski definition) is 1. The van der Waals surface area contributed by atoms with Crippen LogP contribution in [0.5, 0.6) is 5.75 Å². The fourth-order valence-corrected chi connectivity index (χ4v) is 3.32. The number of fused-ring (bicyclic) bond motifs is 1. The van der Waals surface area contributed by atoms with E-state index < -0.39 is 5.82 Å². The molecule has 0 saturated heterocycles. The van der Waals surface area contributed by atoms with Crippen LogP contribution in [-0.2, 0) is 0 Å². The normalized spacial score (nSPS) is 10.7. The van der Waals surface area contributed by atoms with Crippen molar-refractivity contribution in [2.24, 2.45) is 0 Å². The van der Waals surface area contributed by atoms with Crippen LogP contribution < -0.4 is 4.74 Å². The highest BCUT2D eigenvalue weighted by Crippen LogP contribution is 2.35. The van der Waals surface area contributed by atoms with E-state index in [4.69, 9.17) is 21.6 Å². The predicted molar refractivity (Wildman–Crippen MR) is 103 cm³/mol. The number of halogens is 2. The summed E-state index contributed by atoms with van der Waals surface area (Å²) in [4.78, 5) is 7.55. The highest BCUT2D eigenvalue weighted by molar-refractivity contribution is 6.33. The summed E-state index contributed by atoms with van der Waals surface area (Å²) < 4.78 is 19.6. The molecule has 132 valence electrons. The summed E-state index contributed by atoms with van der Waals surface area (Å²) in [5.74, 6) is 0.186. The number of H-pyrrole nitrogens is 1. The zero-order valence-electron chi connectivity index (χ0n) is 14.3. The Morgan fingerprint density at radius 2 is 2.04 bits per heavy atom. The molecule has 6 heteroatoms. The molecule has 0 spiro atoms. The van der Waals surface area contributed by atoms with Crippen molar-refractivity contribution in [2.75, 3.05) is 7.11 Å². The van der Waals surface area contributed by atoms with Gasteiger partial charge in [0, 0.05) is 22.7 Å². The lowest BCUT2D eigenvalue weighted by Gasteiger charge is -2.08. The number of methoxy groups -OCH3 is 1. The van der Waals surface area contributed by atoms with Gasteiger partial charge in [0.25, 0.3) is 0 Å². The Balaban J connectivity index is 1.84. The third kappa shape index (κ3) is 3.01. The number of ether oxygens (including phenoxy) is 1. The lowest BCUT2D eigenvalue weighted by atomic mass is 10.0. The summed E-state index contributed by atoms with van der Waals surface area (Å²) >= 11 is 6.16. The number of nitrogens with zero attached hydrogens (tertiary/aromatic N) is 2. The van der Waals surface area contributed by atoms with Crippen LogP contribution in [0, 0.1) is 17.1 Å². The monoisotopic (exact) mass is 377 g/mol. The second kappa shape index (κ2) is 6.75. The van der Waals surface area contributed by atoms with Crippen molar-refractivity contribution >= 4 is 22.6 Å². The topological polar surface area (TPSA) is 61.7 Å². The van der Waals surface area contributed by atoms with Crippen molar-refractivity contribution in [1.29, 1.82) is 5.26 Å². The first-order valence-electron chi connectivity index (χ1n) is 8.12. The Morgan fingerprint density at radius 3 is 2.78 bits per heavy atom. The van der Waals surface area contributed by atoms with Crippen LogP contribution in [0.3, 0.4) is 0 Å². The molecule has 0 bridgehead atoms. The molecule has 2 heterocycles. The van der Waals surface area contributed by atoms with E-state index in [1.54, 1.807) is 37.6 Å². The van der Waals surface area contributed by atoms with Crippen molar-refractivity contribution in [3.05, 3.63) is 71.1 Å². The van der Waals surface area contributed by atoms with Gasteiger partial charge in [0.05, 0.1) is 35.0 Å². The van der Waals surface area contributed by atoms with E-state index >= 15 is 0 Å². The lowest BCUT2D eigenvalue weighted by Crippen LogP contribution is -1.90. The molecule has 0 saturated carbocycles. The highest BCUT2D eigenvalue weighted by atomic mass is 35.5. The minimum Gasteiger partial charge on any atom is -0.496 e. The molecule has 0 fully saturated rings. The maximum absolute atomic E-state index is 14.2. The summed E-state index contributed by atoms with van der Waals surface area (Å²) in [6.45, 7) is 0. The number of nitrogens with one attached hydrogen (secondary N) is 1. The zero-order chi connectivity index (χ0) is 19.0. The summed E-state index contributed by atoms with van der Waals surface area (Å²) in [7, 11) is 1.56. The van der Waals surface area contributed by atoms with Crippen LogP contribution in [-0.4, -0.2) is 17.1 Å². The van der Waals surface area contributed by atoms with Gasteiger partial charge in [-0.15, -0.1) is 0 Å². The van der Waals surface area contributed by atoms with Crippen LogP contribution in [0.25, 0.3) is 33.4 Å². The first-order valence-corrected chi connectivity index (χ1v) is 8.50. The molecule has 0 aliphatic rings. The van der Waals surface area contributed by atoms with Gasteiger partial charge in [-0.2, -0.15) is 5.26 Å². The third-order valence-electron chi connectivity index (χ3n) is 4.34. The van der Waals surface area contributed by atoms with Crippen LogP contribution in [0.4, 0.5) is 4.39 Å². The van der Waals surface area contributed by atoms with E-state index in [1.165, 1.54) is 6.07 Å². The van der Waals surface area contributed by atoms with E-state index in [-0.39, 0.29) is 0 Å². The van der Waals surface area contributed by atoms with Gasteiger partial charge in [-0.3, -0.25) is 0 Å². The molecule has 2 aromatic carbocycles. The molecule has 0 unspecified atom stereocenters. The molecular formula is C21H13ClFN3O. The van der Waals surface area contributed by atoms with Crippen molar-refractivity contribution in [3.8, 4) is 34.2 Å². The molecule has 1 N–H and O–H groups in total. The average molecular weight is 378 g/mol. The number of pyridine rings is 1. The van der Waals surface area contributed by atoms with Crippen LogP contribution >= 0.6 is 11.6 Å². The first-order chi connectivity index (χ1) is 13.1. The standard InChI is InChI=1S/C21H13ClFN3O/c1-27-19-7-12(10-24)5-6-15(19)14-8-13-9-18(26-21(13)25-11-14)20-16(22)3-2-4-17(20)23/h2-9,11H,1H3,(H,25,26). The van der Waals surface area contributed by atoms with E-state index in [9.17, 15) is 4.39 Å². The van der Waals surface area contributed by atoms with Gasteiger partial charge >= 0.3 is 0 Å². The summed E-state index contributed by atoms with van der Waals surface area (Å²) in [6.07, 6.45) is 1.70. The van der Waals surface area contributed by atoms with Crippen LogP contribution in [0.1, 0.15) is 5.56 Å². The summed E-state index contributed by atoms with van der Waals surface area (Å²) in [5, 5.41) is 10.2. The molecule has 0 amide bonds. The number of aromatic amines is 1. The van der Waals surface area contributed by atoms with Gasteiger partial charge in [0.15, 0.2) is 0 Å². The highest BCUT2D eigenvalue weighted by Gasteiger charge is 2.14. The molecule has 4 rings (SSSR count). The second-order valence-corrected chi connectivity index (χ2v) is 6.38. The van der Waals surface area contributed by atoms with Gasteiger partial charge in [-0.25, -0.2) is 9.37 Å². The zero-order valence-corrected chi connectivity index (χ0v) is 15.0. The number of nitriles is 1. The molecule has 4 nitrogen and oxygen atoms in total. The molecule has 0 aliphatic heterocycles. The Labute approximate surface area is 159 Å². The minimum absolute atomic E-state index is 0.315. The van der Waals surface area contributed by atoms with Crippen molar-refractivity contribution in [3.63, 3.8) is 0 Å². The second-order valence-electron chi connectivity index (χ2n) is 5.97. The van der Waals surface area contributed by atoms with Gasteiger partial charge < -0.3 is 9.72 Å². The minimum atomic E-state index is -0.400. The van der Waals surface area contributed by atoms with Gasteiger partial charge in [-0.05, 0) is 42.5 Å². The van der Waals surface area contributed by atoms with Gasteiger partial charge in [-0.1, -0.05) is 17.7 Å².